The lowest BCUT2D eigenvalue weighted by Crippen LogP contribution is -2.16. The fourth-order valence-corrected chi connectivity index (χ4v) is 4.12. The van der Waals surface area contributed by atoms with Gasteiger partial charge in [0.05, 0.1) is 6.04 Å². The van der Waals surface area contributed by atoms with E-state index in [1.807, 2.05) is 30.8 Å². The molecule has 5 heteroatoms. The molecule has 0 aliphatic heterocycles. The van der Waals surface area contributed by atoms with Crippen molar-refractivity contribution in [3.8, 4) is 0 Å². The minimum atomic E-state index is 0.181. The second-order valence-corrected chi connectivity index (χ2v) is 5.75. The molecule has 3 rings (SSSR count). The first-order valence-electron chi connectivity index (χ1n) is 5.27. The quantitative estimate of drug-likeness (QED) is 0.787. The van der Waals surface area contributed by atoms with E-state index in [4.69, 9.17) is 0 Å². The summed E-state index contributed by atoms with van der Waals surface area (Å²) in [5.41, 5.74) is 1.10. The molecule has 0 amide bonds. The van der Waals surface area contributed by atoms with E-state index in [0.717, 1.165) is 5.56 Å². The molecule has 0 aliphatic rings. The van der Waals surface area contributed by atoms with Crippen molar-refractivity contribution < 1.29 is 0 Å². The van der Waals surface area contributed by atoms with E-state index in [9.17, 15) is 0 Å². The molecule has 1 N–H and O–H groups in total. The Morgan fingerprint density at radius 3 is 2.76 bits per heavy atom. The van der Waals surface area contributed by atoms with Crippen LogP contribution in [0.3, 0.4) is 0 Å². The van der Waals surface area contributed by atoms with Gasteiger partial charge in [0.1, 0.15) is 6.33 Å². The number of nitrogens with zero attached hydrogens (tertiary/aromatic N) is 2. The van der Waals surface area contributed by atoms with Crippen molar-refractivity contribution in [3.05, 3.63) is 46.7 Å². The molecule has 0 bridgehead atoms. The molecule has 3 aromatic heterocycles. The SMILES string of the molecule is CNC(c1cncnc1)c1cc2sccc2s1. The number of nitrogens with one attached hydrogen (secondary N) is 1. The Kier molecular flexibility index (Phi) is 2.88. The predicted octanol–water partition coefficient (Wildman–Crippen LogP) is 3.06. The Balaban J connectivity index is 2.03. The van der Waals surface area contributed by atoms with Gasteiger partial charge in [0.2, 0.25) is 0 Å². The predicted molar refractivity (Wildman–Crippen MR) is 72.6 cm³/mol. The Bertz CT molecular complexity index is 586. The van der Waals surface area contributed by atoms with E-state index in [1.165, 1.54) is 14.3 Å². The molecule has 1 atom stereocenters. The van der Waals surface area contributed by atoms with Crippen LogP contribution in [0.25, 0.3) is 9.40 Å². The van der Waals surface area contributed by atoms with Crippen LogP contribution in [-0.2, 0) is 0 Å². The van der Waals surface area contributed by atoms with Crippen LogP contribution in [0.2, 0.25) is 0 Å². The molecular weight excluding hydrogens is 250 g/mol. The van der Waals surface area contributed by atoms with E-state index in [2.05, 4.69) is 32.8 Å². The minimum Gasteiger partial charge on any atom is -0.309 e. The lowest BCUT2D eigenvalue weighted by molar-refractivity contribution is 0.696. The third-order valence-electron chi connectivity index (χ3n) is 2.65. The first-order chi connectivity index (χ1) is 8.38. The average Bonchev–Trinajstić information content (AvgIpc) is 2.92. The number of rotatable bonds is 3. The van der Waals surface area contributed by atoms with Gasteiger partial charge in [-0.05, 0) is 24.6 Å². The highest BCUT2D eigenvalue weighted by Crippen LogP contribution is 2.35. The molecule has 3 nitrogen and oxygen atoms in total. The highest BCUT2D eigenvalue weighted by atomic mass is 32.1. The summed E-state index contributed by atoms with van der Waals surface area (Å²) in [5, 5.41) is 5.45. The van der Waals surface area contributed by atoms with Crippen molar-refractivity contribution in [1.29, 1.82) is 0 Å². The van der Waals surface area contributed by atoms with Crippen LogP contribution in [-0.4, -0.2) is 17.0 Å². The first-order valence-corrected chi connectivity index (χ1v) is 6.97. The molecule has 86 valence electrons. The number of thiophene rings is 2. The highest BCUT2D eigenvalue weighted by molar-refractivity contribution is 7.27. The normalized spacial score (nSPS) is 13.0. The van der Waals surface area contributed by atoms with Crippen molar-refractivity contribution in [1.82, 2.24) is 15.3 Å². The van der Waals surface area contributed by atoms with E-state index in [0.29, 0.717) is 0 Å². The molecule has 3 aromatic rings. The summed E-state index contributed by atoms with van der Waals surface area (Å²) in [6.07, 6.45) is 5.28. The van der Waals surface area contributed by atoms with Gasteiger partial charge in [-0.25, -0.2) is 9.97 Å². The van der Waals surface area contributed by atoms with Crippen molar-refractivity contribution in [2.24, 2.45) is 0 Å². The molecule has 0 fully saturated rings. The molecule has 0 saturated heterocycles. The standard InChI is InChI=1S/C12H11N3S2/c1-13-12(8-5-14-7-15-6-8)11-4-10-9(17-11)2-3-16-10/h2-7,12-13H,1H3. The fourth-order valence-electron chi connectivity index (χ4n) is 1.86. The second kappa shape index (κ2) is 4.52. The van der Waals surface area contributed by atoms with Gasteiger partial charge in [-0.3, -0.25) is 0 Å². The molecule has 3 heterocycles. The molecule has 0 radical (unpaired) electrons. The van der Waals surface area contributed by atoms with E-state index in [1.54, 1.807) is 17.7 Å². The highest BCUT2D eigenvalue weighted by Gasteiger charge is 2.15. The summed E-state index contributed by atoms with van der Waals surface area (Å²) in [6.45, 7) is 0. The summed E-state index contributed by atoms with van der Waals surface area (Å²) >= 11 is 3.61. The Morgan fingerprint density at radius 2 is 2.06 bits per heavy atom. The van der Waals surface area contributed by atoms with E-state index < -0.39 is 0 Å². The number of aromatic nitrogens is 2. The number of hydrogen-bond donors (Lipinski definition) is 1. The number of fused-ring (bicyclic) bond motifs is 1. The maximum Gasteiger partial charge on any atom is 0.115 e. The van der Waals surface area contributed by atoms with Crippen LogP contribution in [0.15, 0.2) is 36.2 Å². The molecular formula is C12H11N3S2. The van der Waals surface area contributed by atoms with Gasteiger partial charge < -0.3 is 5.32 Å². The van der Waals surface area contributed by atoms with Crippen molar-refractivity contribution in [2.75, 3.05) is 7.05 Å². The van der Waals surface area contributed by atoms with Crippen LogP contribution in [0.4, 0.5) is 0 Å². The van der Waals surface area contributed by atoms with Gasteiger partial charge in [0.25, 0.3) is 0 Å². The van der Waals surface area contributed by atoms with Gasteiger partial charge in [-0.1, -0.05) is 0 Å². The van der Waals surface area contributed by atoms with Gasteiger partial charge >= 0.3 is 0 Å². The van der Waals surface area contributed by atoms with Gasteiger partial charge in [-0.2, -0.15) is 0 Å². The molecule has 0 aliphatic carbocycles. The molecule has 17 heavy (non-hydrogen) atoms. The Hall–Kier alpha value is -1.30. The molecule has 1 unspecified atom stereocenters. The minimum absolute atomic E-state index is 0.181. The Morgan fingerprint density at radius 1 is 1.24 bits per heavy atom. The lowest BCUT2D eigenvalue weighted by Gasteiger charge is -2.13. The summed E-state index contributed by atoms with van der Waals surface area (Å²) in [5.74, 6) is 0. The summed E-state index contributed by atoms with van der Waals surface area (Å²) in [4.78, 5) is 9.46. The van der Waals surface area contributed by atoms with Gasteiger partial charge in [0, 0.05) is 32.2 Å². The third kappa shape index (κ3) is 1.97. The number of hydrogen-bond acceptors (Lipinski definition) is 5. The van der Waals surface area contributed by atoms with Crippen LogP contribution in [0.1, 0.15) is 16.5 Å². The maximum absolute atomic E-state index is 4.08. The summed E-state index contributed by atoms with van der Waals surface area (Å²) in [6, 6.07) is 4.60. The second-order valence-electron chi connectivity index (χ2n) is 3.69. The van der Waals surface area contributed by atoms with Crippen LogP contribution >= 0.6 is 22.7 Å². The zero-order valence-electron chi connectivity index (χ0n) is 9.25. The fraction of sp³-hybridized carbons (Fsp3) is 0.167. The first kappa shape index (κ1) is 10.8. The van der Waals surface area contributed by atoms with Gasteiger partial charge in [0.15, 0.2) is 0 Å². The molecule has 0 saturated carbocycles. The largest absolute Gasteiger partial charge is 0.309 e. The maximum atomic E-state index is 4.08. The summed E-state index contributed by atoms with van der Waals surface area (Å²) in [7, 11) is 1.96. The van der Waals surface area contributed by atoms with Crippen molar-refractivity contribution in [2.45, 2.75) is 6.04 Å². The van der Waals surface area contributed by atoms with Gasteiger partial charge in [-0.15, -0.1) is 22.7 Å². The van der Waals surface area contributed by atoms with Crippen LogP contribution in [0, 0.1) is 0 Å². The van der Waals surface area contributed by atoms with Crippen LogP contribution in [0.5, 0.6) is 0 Å². The van der Waals surface area contributed by atoms with E-state index >= 15 is 0 Å². The molecule has 0 spiro atoms. The van der Waals surface area contributed by atoms with Crippen molar-refractivity contribution in [3.63, 3.8) is 0 Å². The average molecular weight is 261 g/mol. The summed E-state index contributed by atoms with van der Waals surface area (Å²) < 4.78 is 2.70. The van der Waals surface area contributed by atoms with Crippen molar-refractivity contribution >= 4 is 32.1 Å². The topological polar surface area (TPSA) is 37.8 Å². The lowest BCUT2D eigenvalue weighted by atomic mass is 10.1. The van der Waals surface area contributed by atoms with Crippen LogP contribution < -0.4 is 5.32 Å². The smallest absolute Gasteiger partial charge is 0.115 e. The zero-order chi connectivity index (χ0) is 11.7. The Labute approximate surface area is 107 Å². The molecule has 0 aromatic carbocycles. The zero-order valence-corrected chi connectivity index (χ0v) is 10.9. The third-order valence-corrected chi connectivity index (χ3v) is 4.80. The van der Waals surface area contributed by atoms with E-state index in [-0.39, 0.29) is 6.04 Å². The monoisotopic (exact) mass is 261 g/mol.